The van der Waals surface area contributed by atoms with Crippen molar-refractivity contribution in [2.24, 2.45) is 0 Å². The molecule has 1 aromatic carbocycles. The van der Waals surface area contributed by atoms with Crippen molar-refractivity contribution in [3.05, 3.63) is 51.5 Å². The second kappa shape index (κ2) is 4.71. The Morgan fingerprint density at radius 3 is 3.06 bits per heavy atom. The van der Waals surface area contributed by atoms with Crippen molar-refractivity contribution in [3.8, 4) is 0 Å². The zero-order chi connectivity index (χ0) is 12.5. The Bertz CT molecular complexity index is 567. The van der Waals surface area contributed by atoms with E-state index >= 15 is 0 Å². The summed E-state index contributed by atoms with van der Waals surface area (Å²) in [5.41, 5.74) is 2.49. The average Bonchev–Trinajstić information content (AvgIpc) is 2.85. The molecule has 2 aromatic rings. The lowest BCUT2D eigenvalue weighted by Crippen LogP contribution is -2.31. The maximum atomic E-state index is 14.0. The smallest absolute Gasteiger partial charge is 0.146 e. The van der Waals surface area contributed by atoms with Gasteiger partial charge in [-0.25, -0.2) is 4.39 Å². The second-order valence-electron chi connectivity index (χ2n) is 4.45. The molecule has 3 rings (SSSR count). The predicted molar refractivity (Wildman–Crippen MR) is 71.4 cm³/mol. The van der Waals surface area contributed by atoms with Crippen molar-refractivity contribution < 1.29 is 9.50 Å². The molecule has 1 N–H and O–H groups in total. The van der Waals surface area contributed by atoms with Crippen LogP contribution in [0.15, 0.2) is 29.6 Å². The van der Waals surface area contributed by atoms with Crippen molar-refractivity contribution in [3.63, 3.8) is 0 Å². The number of fused-ring (bicyclic) bond motifs is 1. The number of rotatable bonds is 2. The molecule has 2 heterocycles. The van der Waals surface area contributed by atoms with Gasteiger partial charge in [0.1, 0.15) is 5.82 Å². The second-order valence-corrected chi connectivity index (χ2v) is 5.45. The fraction of sp³-hybridized carbons (Fsp3) is 0.286. The molecule has 0 saturated heterocycles. The minimum absolute atomic E-state index is 0.125. The van der Waals surface area contributed by atoms with Crippen molar-refractivity contribution in [1.82, 2.24) is 0 Å². The first-order valence-electron chi connectivity index (χ1n) is 5.98. The monoisotopic (exact) mass is 263 g/mol. The number of halogens is 1. The van der Waals surface area contributed by atoms with E-state index in [1.165, 1.54) is 16.5 Å². The minimum atomic E-state index is -0.250. The highest BCUT2D eigenvalue weighted by atomic mass is 32.1. The molecule has 0 radical (unpaired) electrons. The number of anilines is 1. The van der Waals surface area contributed by atoms with E-state index in [0.29, 0.717) is 11.3 Å². The average molecular weight is 263 g/mol. The van der Waals surface area contributed by atoms with Crippen LogP contribution in [0.4, 0.5) is 10.1 Å². The molecule has 0 amide bonds. The van der Waals surface area contributed by atoms with Crippen LogP contribution in [0.3, 0.4) is 0 Å². The van der Waals surface area contributed by atoms with E-state index in [1.54, 1.807) is 23.5 Å². The molecule has 1 aliphatic rings. The molecule has 0 saturated carbocycles. The van der Waals surface area contributed by atoms with Crippen molar-refractivity contribution in [2.45, 2.75) is 19.6 Å². The van der Waals surface area contributed by atoms with Gasteiger partial charge in [-0.2, -0.15) is 0 Å². The number of benzene rings is 1. The molecule has 94 valence electrons. The molecule has 0 atom stereocenters. The zero-order valence-electron chi connectivity index (χ0n) is 9.90. The number of para-hydroxylation sites is 1. The van der Waals surface area contributed by atoms with Gasteiger partial charge in [-0.05, 0) is 29.5 Å². The maximum absolute atomic E-state index is 14.0. The van der Waals surface area contributed by atoms with Crippen LogP contribution in [0.1, 0.15) is 16.0 Å². The lowest BCUT2D eigenvalue weighted by atomic mass is 10.1. The lowest BCUT2D eigenvalue weighted by Gasteiger charge is -2.30. The van der Waals surface area contributed by atoms with Gasteiger partial charge in [-0.3, -0.25) is 0 Å². The summed E-state index contributed by atoms with van der Waals surface area (Å²) in [6.45, 7) is 1.41. The van der Waals surface area contributed by atoms with E-state index in [2.05, 4.69) is 11.4 Å². The standard InChI is InChI=1S/C14H14FNOS/c15-12-3-1-2-11(9-17)14(12)16-6-4-13-10(8-16)5-7-18-13/h1-3,5,7,17H,4,6,8-9H2. The van der Waals surface area contributed by atoms with E-state index in [9.17, 15) is 9.50 Å². The Labute approximate surface area is 109 Å². The molecule has 2 nitrogen and oxygen atoms in total. The Morgan fingerprint density at radius 2 is 2.22 bits per heavy atom. The summed E-state index contributed by atoms with van der Waals surface area (Å²) in [5, 5.41) is 11.4. The Hall–Kier alpha value is -1.39. The summed E-state index contributed by atoms with van der Waals surface area (Å²) in [5.74, 6) is -0.250. The molecule has 4 heteroatoms. The molecule has 0 spiro atoms. The summed E-state index contributed by atoms with van der Waals surface area (Å²) in [7, 11) is 0. The molecular weight excluding hydrogens is 249 g/mol. The summed E-state index contributed by atoms with van der Waals surface area (Å²) in [6, 6.07) is 6.98. The number of aliphatic hydroxyl groups is 1. The molecule has 1 aliphatic heterocycles. The third-order valence-electron chi connectivity index (χ3n) is 3.36. The topological polar surface area (TPSA) is 23.5 Å². The number of nitrogens with zero attached hydrogens (tertiary/aromatic N) is 1. The van der Waals surface area contributed by atoms with Crippen LogP contribution >= 0.6 is 11.3 Å². The third kappa shape index (κ3) is 1.91. The molecular formula is C14H14FNOS. The fourth-order valence-electron chi connectivity index (χ4n) is 2.48. The van der Waals surface area contributed by atoms with Gasteiger partial charge in [0.2, 0.25) is 0 Å². The first kappa shape index (κ1) is 11.7. The highest BCUT2D eigenvalue weighted by Gasteiger charge is 2.21. The fourth-order valence-corrected chi connectivity index (χ4v) is 3.37. The van der Waals surface area contributed by atoms with Crippen molar-refractivity contribution >= 4 is 17.0 Å². The Kier molecular flexibility index (Phi) is 3.06. The van der Waals surface area contributed by atoms with E-state index in [0.717, 1.165) is 19.5 Å². The maximum Gasteiger partial charge on any atom is 0.146 e. The van der Waals surface area contributed by atoms with Gasteiger partial charge in [0, 0.05) is 23.5 Å². The Balaban J connectivity index is 1.97. The van der Waals surface area contributed by atoms with Gasteiger partial charge in [0.25, 0.3) is 0 Å². The first-order chi connectivity index (χ1) is 8.79. The molecule has 1 aromatic heterocycles. The van der Waals surface area contributed by atoms with Gasteiger partial charge >= 0.3 is 0 Å². The minimum Gasteiger partial charge on any atom is -0.392 e. The van der Waals surface area contributed by atoms with Crippen LogP contribution in [0.25, 0.3) is 0 Å². The van der Waals surface area contributed by atoms with E-state index < -0.39 is 0 Å². The van der Waals surface area contributed by atoms with Crippen LogP contribution in [0, 0.1) is 5.82 Å². The number of hydrogen-bond acceptors (Lipinski definition) is 3. The van der Waals surface area contributed by atoms with Gasteiger partial charge in [0.15, 0.2) is 0 Å². The largest absolute Gasteiger partial charge is 0.392 e. The number of aliphatic hydroxyl groups excluding tert-OH is 1. The molecule has 18 heavy (non-hydrogen) atoms. The highest BCUT2D eigenvalue weighted by molar-refractivity contribution is 7.10. The SMILES string of the molecule is OCc1cccc(F)c1N1CCc2sccc2C1. The van der Waals surface area contributed by atoms with Crippen LogP contribution in [-0.2, 0) is 19.6 Å². The van der Waals surface area contributed by atoms with Crippen molar-refractivity contribution in [1.29, 1.82) is 0 Å². The lowest BCUT2D eigenvalue weighted by molar-refractivity contribution is 0.281. The van der Waals surface area contributed by atoms with Crippen LogP contribution < -0.4 is 4.90 Å². The van der Waals surface area contributed by atoms with Gasteiger partial charge in [0.05, 0.1) is 12.3 Å². The third-order valence-corrected chi connectivity index (χ3v) is 4.39. The molecule has 0 aliphatic carbocycles. The summed E-state index contributed by atoms with van der Waals surface area (Å²) >= 11 is 1.77. The predicted octanol–water partition coefficient (Wildman–Crippen LogP) is 2.94. The van der Waals surface area contributed by atoms with Gasteiger partial charge in [-0.1, -0.05) is 12.1 Å². The number of thiophene rings is 1. The van der Waals surface area contributed by atoms with Gasteiger partial charge in [-0.15, -0.1) is 11.3 Å². The van der Waals surface area contributed by atoms with Crippen molar-refractivity contribution in [2.75, 3.05) is 11.4 Å². The molecule has 0 unspecified atom stereocenters. The molecule has 0 fully saturated rings. The zero-order valence-corrected chi connectivity index (χ0v) is 10.7. The van der Waals surface area contributed by atoms with E-state index in [-0.39, 0.29) is 12.4 Å². The van der Waals surface area contributed by atoms with Gasteiger partial charge < -0.3 is 10.0 Å². The normalized spacial score (nSPS) is 14.7. The summed E-state index contributed by atoms with van der Waals surface area (Å²) < 4.78 is 14.0. The van der Waals surface area contributed by atoms with E-state index in [1.807, 2.05) is 4.90 Å². The molecule has 0 bridgehead atoms. The Morgan fingerprint density at radius 1 is 1.33 bits per heavy atom. The quantitative estimate of drug-likeness (QED) is 0.900. The highest BCUT2D eigenvalue weighted by Crippen LogP contribution is 2.31. The summed E-state index contributed by atoms with van der Waals surface area (Å²) in [6.07, 6.45) is 0.951. The van der Waals surface area contributed by atoms with Crippen LogP contribution in [0.2, 0.25) is 0 Å². The van der Waals surface area contributed by atoms with Crippen LogP contribution in [0.5, 0.6) is 0 Å². The number of hydrogen-bond donors (Lipinski definition) is 1. The van der Waals surface area contributed by atoms with Crippen LogP contribution in [-0.4, -0.2) is 11.7 Å². The van der Waals surface area contributed by atoms with E-state index in [4.69, 9.17) is 0 Å². The first-order valence-corrected chi connectivity index (χ1v) is 6.86. The summed E-state index contributed by atoms with van der Waals surface area (Å²) in [4.78, 5) is 3.42.